The average molecular weight is 438 g/mol. The zero-order chi connectivity index (χ0) is 22.2. The van der Waals surface area contributed by atoms with Crippen molar-refractivity contribution in [3.63, 3.8) is 0 Å². The maximum atomic E-state index is 12.7. The van der Waals surface area contributed by atoms with Gasteiger partial charge in [-0.1, -0.05) is 24.3 Å². The topological polar surface area (TPSA) is 93.8 Å². The van der Waals surface area contributed by atoms with Gasteiger partial charge in [0.15, 0.2) is 0 Å². The number of nitrogens with zero attached hydrogens (tertiary/aromatic N) is 5. The minimum atomic E-state index is -0.133. The first kappa shape index (κ1) is 19.5. The van der Waals surface area contributed by atoms with Gasteiger partial charge in [0.1, 0.15) is 5.82 Å². The normalized spacial score (nSPS) is 14.7. The van der Waals surface area contributed by atoms with E-state index in [4.69, 9.17) is 4.98 Å². The van der Waals surface area contributed by atoms with Gasteiger partial charge in [-0.3, -0.25) is 4.79 Å². The molecule has 0 bridgehead atoms. The summed E-state index contributed by atoms with van der Waals surface area (Å²) < 4.78 is 0. The standard InChI is InChI=1S/C25H23N7O/c33-24-22(18-6-2-1-3-7-19(18)30-24)23-28-20-9-8-17(16-21(20)29-23)31-12-5-13-32(15-14-31)25-26-10-4-11-27-25/h1-4,6-11,16H,5,12-15H2,(H,28,29)(H,30,33). The number of anilines is 2. The Kier molecular flexibility index (Phi) is 4.75. The summed E-state index contributed by atoms with van der Waals surface area (Å²) in [6.07, 6.45) is 4.60. The van der Waals surface area contributed by atoms with Crippen LogP contribution in [0.4, 0.5) is 11.6 Å². The summed E-state index contributed by atoms with van der Waals surface area (Å²) in [4.78, 5) is 37.2. The third-order valence-electron chi connectivity index (χ3n) is 6.18. The number of H-pyrrole nitrogens is 2. The van der Waals surface area contributed by atoms with E-state index in [0.29, 0.717) is 11.4 Å². The summed E-state index contributed by atoms with van der Waals surface area (Å²) >= 11 is 0. The van der Waals surface area contributed by atoms with Crippen molar-refractivity contribution in [3.8, 4) is 22.6 Å². The van der Waals surface area contributed by atoms with Crippen LogP contribution in [-0.2, 0) is 0 Å². The summed E-state index contributed by atoms with van der Waals surface area (Å²) in [5.74, 6) is 1.38. The Hall–Kier alpha value is -4.20. The van der Waals surface area contributed by atoms with E-state index in [1.807, 2.05) is 42.5 Å². The van der Waals surface area contributed by atoms with Gasteiger partial charge in [0.2, 0.25) is 5.95 Å². The summed E-state index contributed by atoms with van der Waals surface area (Å²) in [5.41, 5.74) is 5.00. The molecule has 1 aromatic carbocycles. The van der Waals surface area contributed by atoms with Crippen molar-refractivity contribution >= 4 is 22.7 Å². The van der Waals surface area contributed by atoms with Crippen LogP contribution in [0.1, 0.15) is 6.42 Å². The van der Waals surface area contributed by atoms with Crippen LogP contribution in [-0.4, -0.2) is 51.1 Å². The molecule has 3 aliphatic rings. The molecule has 2 aromatic heterocycles. The highest BCUT2D eigenvalue weighted by molar-refractivity contribution is 5.87. The van der Waals surface area contributed by atoms with E-state index >= 15 is 0 Å². The fourth-order valence-corrected chi connectivity index (χ4v) is 4.56. The van der Waals surface area contributed by atoms with Crippen molar-refractivity contribution in [2.45, 2.75) is 6.42 Å². The van der Waals surface area contributed by atoms with Gasteiger partial charge < -0.3 is 19.8 Å². The average Bonchev–Trinajstić information content (AvgIpc) is 3.16. The number of fused-ring (bicyclic) bond motifs is 2. The lowest BCUT2D eigenvalue weighted by Gasteiger charge is -2.23. The van der Waals surface area contributed by atoms with Crippen molar-refractivity contribution in [2.75, 3.05) is 36.0 Å². The molecule has 3 aromatic rings. The van der Waals surface area contributed by atoms with E-state index in [1.165, 1.54) is 0 Å². The van der Waals surface area contributed by atoms with Gasteiger partial charge in [-0.05, 0) is 36.8 Å². The number of hydrogen-bond acceptors (Lipinski definition) is 6. The number of imidazole rings is 1. The molecule has 1 fully saturated rings. The first-order chi connectivity index (χ1) is 16.3. The lowest BCUT2D eigenvalue weighted by Crippen LogP contribution is -2.31. The fourth-order valence-electron chi connectivity index (χ4n) is 4.56. The second-order valence-corrected chi connectivity index (χ2v) is 8.23. The van der Waals surface area contributed by atoms with E-state index < -0.39 is 0 Å². The Bertz CT molecular complexity index is 1440. The summed E-state index contributed by atoms with van der Waals surface area (Å²) in [6, 6.07) is 17.7. The number of aromatic amines is 2. The van der Waals surface area contributed by atoms with Gasteiger partial charge in [-0.25, -0.2) is 15.0 Å². The molecule has 2 aliphatic heterocycles. The van der Waals surface area contributed by atoms with Crippen molar-refractivity contribution in [2.24, 2.45) is 0 Å². The van der Waals surface area contributed by atoms with Crippen molar-refractivity contribution in [1.29, 1.82) is 0 Å². The molecule has 0 radical (unpaired) electrons. The van der Waals surface area contributed by atoms with E-state index in [1.54, 1.807) is 12.4 Å². The minimum Gasteiger partial charge on any atom is -0.370 e. The van der Waals surface area contributed by atoms with Crippen molar-refractivity contribution in [3.05, 3.63) is 77.3 Å². The lowest BCUT2D eigenvalue weighted by atomic mass is 10.1. The second kappa shape index (κ2) is 8.05. The van der Waals surface area contributed by atoms with E-state index in [9.17, 15) is 4.79 Å². The van der Waals surface area contributed by atoms with E-state index in [0.717, 1.165) is 66.5 Å². The highest BCUT2D eigenvalue weighted by Gasteiger charge is 2.20. The molecule has 0 unspecified atom stereocenters. The third kappa shape index (κ3) is 3.59. The van der Waals surface area contributed by atoms with Gasteiger partial charge >= 0.3 is 0 Å². The maximum Gasteiger partial charge on any atom is 0.260 e. The third-order valence-corrected chi connectivity index (χ3v) is 6.18. The fraction of sp³-hybridized carbons (Fsp3) is 0.200. The second-order valence-electron chi connectivity index (χ2n) is 8.23. The largest absolute Gasteiger partial charge is 0.370 e. The molecule has 8 heteroatoms. The molecule has 1 aliphatic carbocycles. The lowest BCUT2D eigenvalue weighted by molar-refractivity contribution is 0.782. The number of rotatable bonds is 3. The van der Waals surface area contributed by atoms with Crippen LogP contribution >= 0.6 is 0 Å². The zero-order valence-corrected chi connectivity index (χ0v) is 18.0. The first-order valence-electron chi connectivity index (χ1n) is 11.1. The number of hydrogen-bond donors (Lipinski definition) is 2. The Labute approximate surface area is 190 Å². The van der Waals surface area contributed by atoms with E-state index in [-0.39, 0.29) is 5.56 Å². The molecule has 0 amide bonds. The molecule has 0 atom stereocenters. The Morgan fingerprint density at radius 2 is 1.64 bits per heavy atom. The van der Waals surface area contributed by atoms with Crippen LogP contribution in [0, 0.1) is 0 Å². The van der Waals surface area contributed by atoms with Crippen LogP contribution in [0.2, 0.25) is 0 Å². The molecule has 6 rings (SSSR count). The Morgan fingerprint density at radius 3 is 2.55 bits per heavy atom. The van der Waals surface area contributed by atoms with Crippen molar-refractivity contribution in [1.82, 2.24) is 24.9 Å². The SMILES string of the molecule is O=c1[nH]c2cccccc-2c1-c1nc2cc(N3CCCN(c4ncccn4)CC3)ccc2[nH]1. The molecule has 33 heavy (non-hydrogen) atoms. The molecule has 0 saturated carbocycles. The van der Waals surface area contributed by atoms with Gasteiger partial charge in [-0.2, -0.15) is 0 Å². The highest BCUT2D eigenvalue weighted by Crippen LogP contribution is 2.30. The first-order valence-corrected chi connectivity index (χ1v) is 11.1. The zero-order valence-electron chi connectivity index (χ0n) is 18.0. The quantitative estimate of drug-likeness (QED) is 0.449. The van der Waals surface area contributed by atoms with Crippen LogP contribution in [0.15, 0.2) is 71.8 Å². The van der Waals surface area contributed by atoms with Gasteiger partial charge in [0.25, 0.3) is 5.56 Å². The summed E-state index contributed by atoms with van der Waals surface area (Å²) in [5, 5.41) is 0. The monoisotopic (exact) mass is 437 g/mol. The predicted octanol–water partition coefficient (Wildman–Crippen LogP) is 3.53. The maximum absolute atomic E-state index is 12.7. The Morgan fingerprint density at radius 1 is 0.818 bits per heavy atom. The Balaban J connectivity index is 1.30. The molecule has 0 spiro atoms. The number of nitrogens with one attached hydrogen (secondary N) is 2. The van der Waals surface area contributed by atoms with Crippen LogP contribution in [0.3, 0.4) is 0 Å². The molecular formula is C25H23N7O. The smallest absolute Gasteiger partial charge is 0.260 e. The van der Waals surface area contributed by atoms with Gasteiger partial charge in [0.05, 0.1) is 16.6 Å². The van der Waals surface area contributed by atoms with Gasteiger partial charge in [-0.15, -0.1) is 0 Å². The molecule has 2 N–H and O–H groups in total. The predicted molar refractivity (Wildman–Crippen MR) is 130 cm³/mol. The minimum absolute atomic E-state index is 0.133. The van der Waals surface area contributed by atoms with Crippen molar-refractivity contribution < 1.29 is 0 Å². The van der Waals surface area contributed by atoms with E-state index in [2.05, 4.69) is 41.9 Å². The molecule has 164 valence electrons. The highest BCUT2D eigenvalue weighted by atomic mass is 16.1. The number of aromatic nitrogens is 5. The van der Waals surface area contributed by atoms with Crippen LogP contribution < -0.4 is 15.4 Å². The summed E-state index contributed by atoms with van der Waals surface area (Å²) in [6.45, 7) is 3.62. The number of benzene rings is 1. The summed E-state index contributed by atoms with van der Waals surface area (Å²) in [7, 11) is 0. The molecular weight excluding hydrogens is 414 g/mol. The van der Waals surface area contributed by atoms with Gasteiger partial charge in [0, 0.05) is 55.5 Å². The molecule has 4 heterocycles. The molecule has 1 saturated heterocycles. The molecule has 8 nitrogen and oxygen atoms in total. The van der Waals surface area contributed by atoms with Crippen LogP contribution in [0.25, 0.3) is 33.7 Å². The van der Waals surface area contributed by atoms with Crippen LogP contribution in [0.5, 0.6) is 0 Å².